The summed E-state index contributed by atoms with van der Waals surface area (Å²) in [7, 11) is -2.04. The smallest absolute Gasteiger partial charge is 0.361 e. The van der Waals surface area contributed by atoms with Gasteiger partial charge in [0, 0.05) is 18.2 Å². The van der Waals surface area contributed by atoms with Gasteiger partial charge >= 0.3 is 12.2 Å². The summed E-state index contributed by atoms with van der Waals surface area (Å²) in [6.07, 6.45) is 0.377. The molecule has 180 valence electrons. The molecule has 3 heterocycles. The number of ether oxygens (including phenoxy) is 4. The van der Waals surface area contributed by atoms with E-state index in [0.29, 0.717) is 30.1 Å². The standard InChI is InChI=1S/C23H32N2O7Si/c1-14-12-25(21(27)24-20(14)26)19-11-17(18(29-19)13-28-33(5,6)23(2,3)4)32-22-30-15-9-7-8-10-16(15)31-22/h7-10,12,17-19,22H,11,13H2,1-6H3,(H,24,26,27)/t17-,18+,19+/m0/s1. The van der Waals surface area contributed by atoms with Crippen molar-refractivity contribution in [1.29, 1.82) is 0 Å². The molecule has 2 aliphatic rings. The molecule has 1 saturated heterocycles. The molecule has 0 saturated carbocycles. The molecule has 0 amide bonds. The fourth-order valence-corrected chi connectivity index (χ4v) is 4.56. The van der Waals surface area contributed by atoms with Crippen LogP contribution in [0.25, 0.3) is 0 Å². The molecule has 1 aromatic carbocycles. The summed E-state index contributed by atoms with van der Waals surface area (Å²) < 4.78 is 31.7. The highest BCUT2D eigenvalue weighted by molar-refractivity contribution is 6.74. The third-order valence-corrected chi connectivity index (χ3v) is 11.1. The number of aromatic amines is 1. The van der Waals surface area contributed by atoms with Gasteiger partial charge in [0.25, 0.3) is 5.56 Å². The molecule has 33 heavy (non-hydrogen) atoms. The number of hydrogen-bond donors (Lipinski definition) is 1. The number of aromatic nitrogens is 2. The number of para-hydroxylation sites is 2. The van der Waals surface area contributed by atoms with Crippen LogP contribution < -0.4 is 20.7 Å². The van der Waals surface area contributed by atoms with E-state index in [9.17, 15) is 9.59 Å². The van der Waals surface area contributed by atoms with Crippen molar-refractivity contribution in [2.75, 3.05) is 6.61 Å². The molecule has 4 rings (SSSR count). The number of H-pyrrole nitrogens is 1. The molecule has 9 nitrogen and oxygen atoms in total. The van der Waals surface area contributed by atoms with Crippen LogP contribution in [-0.2, 0) is 13.9 Å². The maximum absolute atomic E-state index is 12.4. The third-order valence-electron chi connectivity index (χ3n) is 6.63. The lowest BCUT2D eigenvalue weighted by Crippen LogP contribution is -2.44. The van der Waals surface area contributed by atoms with E-state index >= 15 is 0 Å². The minimum absolute atomic E-state index is 0.0354. The zero-order valence-electron chi connectivity index (χ0n) is 19.9. The van der Waals surface area contributed by atoms with Gasteiger partial charge < -0.3 is 23.4 Å². The summed E-state index contributed by atoms with van der Waals surface area (Å²) in [6.45, 7) is 11.9. The predicted octanol–water partition coefficient (Wildman–Crippen LogP) is 3.29. The van der Waals surface area contributed by atoms with Gasteiger partial charge in [0.1, 0.15) is 12.3 Å². The van der Waals surface area contributed by atoms with Crippen LogP contribution in [0.2, 0.25) is 18.1 Å². The molecule has 3 atom stereocenters. The van der Waals surface area contributed by atoms with E-state index in [2.05, 4.69) is 38.8 Å². The monoisotopic (exact) mass is 476 g/mol. The van der Waals surface area contributed by atoms with Gasteiger partial charge in [-0.25, -0.2) is 4.79 Å². The molecule has 0 aliphatic carbocycles. The van der Waals surface area contributed by atoms with E-state index in [1.807, 2.05) is 24.3 Å². The molecule has 2 aromatic rings. The minimum atomic E-state index is -2.04. The summed E-state index contributed by atoms with van der Waals surface area (Å²) in [5.74, 6) is 1.22. The van der Waals surface area contributed by atoms with Crippen molar-refractivity contribution in [3.05, 3.63) is 56.9 Å². The fraction of sp³-hybridized carbons (Fsp3) is 0.565. The molecule has 2 aliphatic heterocycles. The number of fused-ring (bicyclic) bond motifs is 1. The molecular weight excluding hydrogens is 444 g/mol. The Kier molecular flexibility index (Phi) is 6.30. The van der Waals surface area contributed by atoms with Gasteiger partial charge in [0.15, 0.2) is 19.8 Å². The van der Waals surface area contributed by atoms with Crippen LogP contribution in [0.15, 0.2) is 40.1 Å². The molecule has 10 heteroatoms. The van der Waals surface area contributed by atoms with Gasteiger partial charge in [-0.05, 0) is 37.2 Å². The summed E-state index contributed by atoms with van der Waals surface area (Å²) in [6, 6.07) is 7.35. The van der Waals surface area contributed by atoms with Gasteiger partial charge in [0.05, 0.1) is 12.7 Å². The van der Waals surface area contributed by atoms with Crippen molar-refractivity contribution in [3.63, 3.8) is 0 Å². The van der Waals surface area contributed by atoms with Crippen LogP contribution in [0.5, 0.6) is 11.5 Å². The van der Waals surface area contributed by atoms with Crippen LogP contribution in [0.4, 0.5) is 0 Å². The number of aryl methyl sites for hydroxylation is 1. The first-order valence-electron chi connectivity index (χ1n) is 11.1. The largest absolute Gasteiger partial charge is 0.428 e. The van der Waals surface area contributed by atoms with Crippen LogP contribution in [0.1, 0.15) is 39.0 Å². The van der Waals surface area contributed by atoms with Crippen LogP contribution >= 0.6 is 0 Å². The van der Waals surface area contributed by atoms with Crippen molar-refractivity contribution in [3.8, 4) is 11.5 Å². The number of nitrogens with one attached hydrogen (secondary N) is 1. The predicted molar refractivity (Wildman–Crippen MR) is 124 cm³/mol. The van der Waals surface area contributed by atoms with E-state index < -0.39 is 44.5 Å². The van der Waals surface area contributed by atoms with Crippen molar-refractivity contribution in [1.82, 2.24) is 9.55 Å². The molecular formula is C23H32N2O7Si. The first-order chi connectivity index (χ1) is 15.4. The first-order valence-corrected chi connectivity index (χ1v) is 14.0. The summed E-state index contributed by atoms with van der Waals surface area (Å²) in [5.41, 5.74) is -0.513. The van der Waals surface area contributed by atoms with E-state index in [1.54, 1.807) is 6.92 Å². The summed E-state index contributed by atoms with van der Waals surface area (Å²) in [5, 5.41) is 0.0354. The molecule has 0 spiro atoms. The zero-order valence-corrected chi connectivity index (χ0v) is 20.9. The van der Waals surface area contributed by atoms with Crippen molar-refractivity contribution < 1.29 is 23.4 Å². The van der Waals surface area contributed by atoms with E-state index in [0.717, 1.165) is 0 Å². The van der Waals surface area contributed by atoms with Crippen LogP contribution in [-0.4, -0.2) is 43.2 Å². The Bertz CT molecular complexity index is 1100. The van der Waals surface area contributed by atoms with Gasteiger partial charge in [-0.3, -0.25) is 14.3 Å². The molecule has 0 radical (unpaired) electrons. The highest BCUT2D eigenvalue weighted by atomic mass is 28.4. The van der Waals surface area contributed by atoms with E-state index in [-0.39, 0.29) is 5.04 Å². The maximum Gasteiger partial charge on any atom is 0.361 e. The molecule has 1 aromatic heterocycles. The molecule has 0 unspecified atom stereocenters. The SMILES string of the molecule is Cc1cn([C@H]2C[C@H](OC3Oc4ccccc4O3)[C@@H](CO[Si](C)(C)C(C)(C)C)O2)c(=O)[nH]c1=O. The molecule has 0 bridgehead atoms. The lowest BCUT2D eigenvalue weighted by molar-refractivity contribution is -0.214. The number of benzene rings is 1. The first kappa shape index (κ1) is 23.7. The normalized spacial score (nSPS) is 23.3. The molecule has 1 fully saturated rings. The number of rotatable bonds is 6. The second-order valence-electron chi connectivity index (χ2n) is 10.1. The van der Waals surface area contributed by atoms with Crippen molar-refractivity contribution in [2.45, 2.75) is 77.2 Å². The Morgan fingerprint density at radius 3 is 2.39 bits per heavy atom. The number of nitrogens with zero attached hydrogens (tertiary/aromatic N) is 1. The average molecular weight is 477 g/mol. The second kappa shape index (κ2) is 8.75. The van der Waals surface area contributed by atoms with Gasteiger partial charge in [-0.15, -0.1) is 0 Å². The third kappa shape index (κ3) is 4.93. The number of hydrogen-bond acceptors (Lipinski definition) is 7. The Labute approximate surface area is 193 Å². The van der Waals surface area contributed by atoms with Crippen molar-refractivity contribution >= 4 is 8.32 Å². The zero-order chi connectivity index (χ0) is 24.0. The van der Waals surface area contributed by atoms with Crippen LogP contribution in [0, 0.1) is 6.92 Å². The second-order valence-corrected chi connectivity index (χ2v) is 14.9. The highest BCUT2D eigenvalue weighted by Crippen LogP contribution is 2.39. The van der Waals surface area contributed by atoms with Gasteiger partial charge in [-0.1, -0.05) is 32.9 Å². The Hall–Kier alpha value is -2.40. The minimum Gasteiger partial charge on any atom is -0.428 e. The lowest BCUT2D eigenvalue weighted by Gasteiger charge is -2.37. The Balaban J connectivity index is 1.53. The average Bonchev–Trinajstić information content (AvgIpc) is 3.32. The maximum atomic E-state index is 12.4. The van der Waals surface area contributed by atoms with Crippen molar-refractivity contribution in [2.24, 2.45) is 0 Å². The fourth-order valence-electron chi connectivity index (χ4n) is 3.55. The van der Waals surface area contributed by atoms with E-state index in [4.69, 9.17) is 23.4 Å². The Morgan fingerprint density at radius 1 is 1.15 bits per heavy atom. The quantitative estimate of drug-likeness (QED) is 0.639. The topological polar surface area (TPSA) is 101 Å². The van der Waals surface area contributed by atoms with Gasteiger partial charge in [0.2, 0.25) is 0 Å². The lowest BCUT2D eigenvalue weighted by atomic mass is 10.2. The highest BCUT2D eigenvalue weighted by Gasteiger charge is 2.44. The molecule has 1 N–H and O–H groups in total. The Morgan fingerprint density at radius 2 is 1.79 bits per heavy atom. The summed E-state index contributed by atoms with van der Waals surface area (Å²) in [4.78, 5) is 26.6. The van der Waals surface area contributed by atoms with Crippen LogP contribution in [0.3, 0.4) is 0 Å². The van der Waals surface area contributed by atoms with E-state index in [1.165, 1.54) is 10.8 Å². The summed E-state index contributed by atoms with van der Waals surface area (Å²) >= 11 is 0. The van der Waals surface area contributed by atoms with Gasteiger partial charge in [-0.2, -0.15) is 0 Å².